The minimum absolute atomic E-state index is 0.388. The van der Waals surface area contributed by atoms with E-state index in [1.807, 2.05) is 36.5 Å². The minimum Gasteiger partial charge on any atom is -0.347 e. The smallest absolute Gasteiger partial charge is 0.131 e. The highest BCUT2D eigenvalue weighted by Crippen LogP contribution is 2.31. The van der Waals surface area contributed by atoms with Crippen molar-refractivity contribution < 1.29 is 0 Å². The molecule has 0 bridgehead atoms. The van der Waals surface area contributed by atoms with Crippen molar-refractivity contribution in [2.45, 2.75) is 12.0 Å². The van der Waals surface area contributed by atoms with Crippen LogP contribution in [0.1, 0.15) is 17.8 Å². The summed E-state index contributed by atoms with van der Waals surface area (Å²) >= 11 is 0. The topological polar surface area (TPSA) is 40.7 Å². The van der Waals surface area contributed by atoms with Crippen molar-refractivity contribution >= 4 is 0 Å². The number of nitrogens with one attached hydrogen (secondary N) is 2. The lowest BCUT2D eigenvalue weighted by molar-refractivity contribution is 0.404. The van der Waals surface area contributed by atoms with E-state index in [1.54, 1.807) is 6.20 Å². The van der Waals surface area contributed by atoms with E-state index >= 15 is 0 Å². The van der Waals surface area contributed by atoms with Crippen LogP contribution in [0, 0.1) is 0 Å². The molecule has 1 heterocycles. The SMILES string of the molecule is C=CCN[C@@](CC=C)(c1ccccc1)c1ncc[nH]1. The quantitative estimate of drug-likeness (QED) is 0.745. The summed E-state index contributed by atoms with van der Waals surface area (Å²) in [5.41, 5.74) is 0.771. The molecule has 3 heteroatoms. The average Bonchev–Trinajstić information content (AvgIpc) is 2.99. The molecule has 0 amide bonds. The van der Waals surface area contributed by atoms with Gasteiger partial charge in [0.05, 0.1) is 0 Å². The maximum Gasteiger partial charge on any atom is 0.131 e. The Morgan fingerprint density at radius 2 is 2.00 bits per heavy atom. The molecule has 0 spiro atoms. The highest BCUT2D eigenvalue weighted by Gasteiger charge is 2.34. The van der Waals surface area contributed by atoms with E-state index in [0.29, 0.717) is 6.54 Å². The van der Waals surface area contributed by atoms with Crippen LogP contribution in [0.4, 0.5) is 0 Å². The largest absolute Gasteiger partial charge is 0.347 e. The standard InChI is InChI=1S/C16H19N3/c1-3-10-16(19-11-4-2,15-17-12-13-18-15)14-8-6-5-7-9-14/h3-9,12-13,19H,1-2,10-11H2,(H,17,18)/t16-/m0/s1. The maximum absolute atomic E-state index is 4.44. The second-order valence-corrected chi connectivity index (χ2v) is 4.37. The third-order valence-electron chi connectivity index (χ3n) is 3.17. The molecule has 2 aromatic rings. The molecule has 0 fully saturated rings. The normalized spacial score (nSPS) is 13.7. The molecule has 0 unspecified atom stereocenters. The molecule has 0 aliphatic heterocycles. The Kier molecular flexibility index (Phi) is 4.31. The zero-order valence-electron chi connectivity index (χ0n) is 11.0. The summed E-state index contributed by atoms with van der Waals surface area (Å²) in [4.78, 5) is 7.65. The van der Waals surface area contributed by atoms with Gasteiger partial charge in [-0.25, -0.2) is 4.98 Å². The van der Waals surface area contributed by atoms with Crippen LogP contribution in [-0.4, -0.2) is 16.5 Å². The Hall–Kier alpha value is -2.13. The molecule has 0 radical (unpaired) electrons. The Labute approximate surface area is 114 Å². The fourth-order valence-corrected chi connectivity index (χ4v) is 2.29. The third-order valence-corrected chi connectivity index (χ3v) is 3.17. The van der Waals surface area contributed by atoms with Crippen LogP contribution in [0.2, 0.25) is 0 Å². The van der Waals surface area contributed by atoms with E-state index in [2.05, 4.69) is 40.6 Å². The fraction of sp³-hybridized carbons (Fsp3) is 0.188. The Morgan fingerprint density at radius 3 is 2.58 bits per heavy atom. The molecule has 1 atom stereocenters. The number of rotatable bonds is 7. The number of imidazole rings is 1. The van der Waals surface area contributed by atoms with Crippen molar-refractivity contribution in [1.82, 2.24) is 15.3 Å². The summed E-state index contributed by atoms with van der Waals surface area (Å²) in [5.74, 6) is 0.889. The lowest BCUT2D eigenvalue weighted by atomic mass is 9.85. The zero-order valence-corrected chi connectivity index (χ0v) is 11.0. The van der Waals surface area contributed by atoms with Crippen molar-refractivity contribution in [2.75, 3.05) is 6.54 Å². The minimum atomic E-state index is -0.388. The van der Waals surface area contributed by atoms with E-state index in [1.165, 1.54) is 0 Å². The monoisotopic (exact) mass is 253 g/mol. The first-order valence-electron chi connectivity index (χ1n) is 6.35. The van der Waals surface area contributed by atoms with E-state index in [0.717, 1.165) is 17.8 Å². The van der Waals surface area contributed by atoms with Gasteiger partial charge in [0.25, 0.3) is 0 Å². The molecule has 0 saturated carbocycles. The molecule has 98 valence electrons. The van der Waals surface area contributed by atoms with Gasteiger partial charge in [0.15, 0.2) is 0 Å². The van der Waals surface area contributed by atoms with Crippen LogP contribution >= 0.6 is 0 Å². The summed E-state index contributed by atoms with van der Waals surface area (Å²) in [6.45, 7) is 8.36. The van der Waals surface area contributed by atoms with Crippen LogP contribution < -0.4 is 5.32 Å². The molecule has 0 aliphatic rings. The van der Waals surface area contributed by atoms with E-state index < -0.39 is 0 Å². The molecule has 1 aromatic carbocycles. The summed E-state index contributed by atoms with van der Waals surface area (Å²) in [7, 11) is 0. The molecule has 19 heavy (non-hydrogen) atoms. The van der Waals surface area contributed by atoms with Gasteiger partial charge in [-0.15, -0.1) is 13.2 Å². The zero-order chi connectivity index (χ0) is 13.6. The number of benzene rings is 1. The third kappa shape index (κ3) is 2.66. The van der Waals surface area contributed by atoms with Gasteiger partial charge in [-0.05, 0) is 12.0 Å². The van der Waals surface area contributed by atoms with Gasteiger partial charge in [-0.1, -0.05) is 42.5 Å². The molecule has 1 aromatic heterocycles. The Bertz CT molecular complexity index is 516. The summed E-state index contributed by atoms with van der Waals surface area (Å²) in [5, 5.41) is 3.52. The van der Waals surface area contributed by atoms with Gasteiger partial charge in [0.2, 0.25) is 0 Å². The number of H-pyrrole nitrogens is 1. The van der Waals surface area contributed by atoms with Crippen LogP contribution in [0.3, 0.4) is 0 Å². The van der Waals surface area contributed by atoms with Gasteiger partial charge >= 0.3 is 0 Å². The van der Waals surface area contributed by atoms with Crippen molar-refractivity contribution in [3.63, 3.8) is 0 Å². The van der Waals surface area contributed by atoms with Crippen molar-refractivity contribution in [1.29, 1.82) is 0 Å². The summed E-state index contributed by atoms with van der Waals surface area (Å²) in [6, 6.07) is 10.3. The highest BCUT2D eigenvalue weighted by atomic mass is 15.1. The number of aromatic nitrogens is 2. The number of aromatic amines is 1. The van der Waals surface area contributed by atoms with Gasteiger partial charge in [0, 0.05) is 18.9 Å². The Balaban J connectivity index is 2.51. The highest BCUT2D eigenvalue weighted by molar-refractivity contribution is 5.33. The second kappa shape index (κ2) is 6.16. The van der Waals surface area contributed by atoms with Crippen LogP contribution in [0.5, 0.6) is 0 Å². The van der Waals surface area contributed by atoms with Crippen LogP contribution in [0.15, 0.2) is 68.0 Å². The molecule has 3 nitrogen and oxygen atoms in total. The van der Waals surface area contributed by atoms with Crippen LogP contribution in [-0.2, 0) is 5.54 Å². The predicted octanol–water partition coefficient (Wildman–Crippen LogP) is 3.01. The predicted molar refractivity (Wildman–Crippen MR) is 78.8 cm³/mol. The average molecular weight is 253 g/mol. The first-order valence-corrected chi connectivity index (χ1v) is 6.35. The van der Waals surface area contributed by atoms with Crippen LogP contribution in [0.25, 0.3) is 0 Å². The summed E-state index contributed by atoms with van der Waals surface area (Å²) < 4.78 is 0. The van der Waals surface area contributed by atoms with Crippen molar-refractivity contribution in [3.8, 4) is 0 Å². The number of hydrogen-bond acceptors (Lipinski definition) is 2. The van der Waals surface area contributed by atoms with Gasteiger partial charge < -0.3 is 4.98 Å². The molecule has 0 aliphatic carbocycles. The van der Waals surface area contributed by atoms with Gasteiger partial charge in [0.1, 0.15) is 11.4 Å². The van der Waals surface area contributed by atoms with E-state index in [9.17, 15) is 0 Å². The van der Waals surface area contributed by atoms with Crippen molar-refractivity contribution in [2.24, 2.45) is 0 Å². The molecule has 2 N–H and O–H groups in total. The molecular weight excluding hydrogens is 234 g/mol. The van der Waals surface area contributed by atoms with Gasteiger partial charge in [-0.3, -0.25) is 5.32 Å². The van der Waals surface area contributed by atoms with Gasteiger partial charge in [-0.2, -0.15) is 0 Å². The maximum atomic E-state index is 4.44. The first kappa shape index (κ1) is 13.3. The number of hydrogen-bond donors (Lipinski definition) is 2. The lowest BCUT2D eigenvalue weighted by Crippen LogP contribution is -2.44. The first-order chi connectivity index (χ1) is 9.33. The van der Waals surface area contributed by atoms with E-state index in [-0.39, 0.29) is 5.54 Å². The van der Waals surface area contributed by atoms with E-state index in [4.69, 9.17) is 0 Å². The fourth-order valence-electron chi connectivity index (χ4n) is 2.29. The van der Waals surface area contributed by atoms with Crippen molar-refractivity contribution in [3.05, 3.63) is 79.4 Å². The number of nitrogens with zero attached hydrogens (tertiary/aromatic N) is 1. The molecular formula is C16H19N3. The molecule has 2 rings (SSSR count). The summed E-state index contributed by atoms with van der Waals surface area (Å²) in [6.07, 6.45) is 8.12. The Morgan fingerprint density at radius 1 is 1.21 bits per heavy atom. The molecule has 0 saturated heterocycles. The lowest BCUT2D eigenvalue weighted by Gasteiger charge is -2.32. The second-order valence-electron chi connectivity index (χ2n) is 4.37.